The minimum atomic E-state index is -0.0977. The Morgan fingerprint density at radius 2 is 2.17 bits per heavy atom. The van der Waals surface area contributed by atoms with Crippen molar-refractivity contribution in [2.24, 2.45) is 0 Å². The average molecular weight is 419 g/mol. The first-order chi connectivity index (χ1) is 14.0. The number of rotatable bonds is 8. The summed E-state index contributed by atoms with van der Waals surface area (Å²) in [5.41, 5.74) is 1.36. The summed E-state index contributed by atoms with van der Waals surface area (Å²) in [6, 6.07) is 7.54. The second kappa shape index (κ2) is 10.0. The molecule has 1 aromatic heterocycles. The third-order valence-electron chi connectivity index (χ3n) is 5.10. The number of hydrogen-bond acceptors (Lipinski definition) is 5. The van der Waals surface area contributed by atoms with Crippen molar-refractivity contribution in [3.63, 3.8) is 0 Å². The highest BCUT2D eigenvalue weighted by Gasteiger charge is 2.18. The summed E-state index contributed by atoms with van der Waals surface area (Å²) >= 11 is 5.65. The standard InChI is InChI=1S/C21H30N4O3S/c1-24(2)8-9-25(21(29)22-13-18-5-4-10-28-18)14-16-11-15-12-17(27-3)6-7-19(15)23-20(16)26/h6-7,11-12,18H,4-5,8-10,13-14H2,1-3H3,(H,22,29)(H,23,26)/t18-/m1/s1. The number of aromatic amines is 1. The minimum Gasteiger partial charge on any atom is -0.497 e. The fourth-order valence-corrected chi connectivity index (χ4v) is 3.61. The third-order valence-corrected chi connectivity index (χ3v) is 5.50. The number of pyridine rings is 1. The zero-order valence-electron chi connectivity index (χ0n) is 17.4. The molecular formula is C21H30N4O3S. The second-order valence-corrected chi connectivity index (χ2v) is 8.01. The highest BCUT2D eigenvalue weighted by atomic mass is 32.1. The summed E-state index contributed by atoms with van der Waals surface area (Å²) in [7, 11) is 5.68. The van der Waals surface area contributed by atoms with E-state index in [2.05, 4.69) is 15.2 Å². The molecule has 1 aliphatic heterocycles. The van der Waals surface area contributed by atoms with Gasteiger partial charge < -0.3 is 29.6 Å². The number of hydrogen-bond donors (Lipinski definition) is 2. The first kappa shape index (κ1) is 21.5. The first-order valence-corrected chi connectivity index (χ1v) is 10.4. The lowest BCUT2D eigenvalue weighted by atomic mass is 10.1. The average Bonchev–Trinajstić information content (AvgIpc) is 3.22. The van der Waals surface area contributed by atoms with Crippen molar-refractivity contribution < 1.29 is 9.47 Å². The van der Waals surface area contributed by atoms with Gasteiger partial charge in [0.15, 0.2) is 5.11 Å². The summed E-state index contributed by atoms with van der Waals surface area (Å²) in [5.74, 6) is 0.758. The summed E-state index contributed by atoms with van der Waals surface area (Å²) < 4.78 is 11.0. The molecule has 0 bridgehead atoms. The van der Waals surface area contributed by atoms with Gasteiger partial charge in [0.2, 0.25) is 0 Å². The molecule has 0 radical (unpaired) electrons. The van der Waals surface area contributed by atoms with Crippen LogP contribution in [0.5, 0.6) is 5.75 Å². The van der Waals surface area contributed by atoms with Crippen LogP contribution in [0.4, 0.5) is 0 Å². The lowest BCUT2D eigenvalue weighted by molar-refractivity contribution is 0.113. The van der Waals surface area contributed by atoms with Crippen LogP contribution in [0.1, 0.15) is 18.4 Å². The quantitative estimate of drug-likeness (QED) is 0.635. The minimum absolute atomic E-state index is 0.0977. The number of fused-ring (bicyclic) bond motifs is 1. The molecule has 0 spiro atoms. The molecule has 158 valence electrons. The second-order valence-electron chi connectivity index (χ2n) is 7.62. The molecule has 7 nitrogen and oxygen atoms in total. The van der Waals surface area contributed by atoms with E-state index in [1.54, 1.807) is 7.11 Å². The SMILES string of the molecule is COc1ccc2[nH]c(=O)c(CN(CCN(C)C)C(=S)NC[C@H]3CCCO3)cc2c1. The van der Waals surface area contributed by atoms with Gasteiger partial charge in [-0.3, -0.25) is 4.79 Å². The Balaban J connectivity index is 1.77. The number of benzene rings is 1. The van der Waals surface area contributed by atoms with Crippen molar-refractivity contribution in [3.8, 4) is 5.75 Å². The molecule has 1 aliphatic rings. The number of aromatic nitrogens is 1. The lowest BCUT2D eigenvalue weighted by Gasteiger charge is -2.28. The van der Waals surface area contributed by atoms with E-state index in [0.717, 1.165) is 49.2 Å². The summed E-state index contributed by atoms with van der Waals surface area (Å²) in [4.78, 5) is 19.8. The van der Waals surface area contributed by atoms with Crippen molar-refractivity contribution in [1.82, 2.24) is 20.1 Å². The predicted octanol–water partition coefficient (Wildman–Crippen LogP) is 1.95. The van der Waals surface area contributed by atoms with E-state index in [-0.39, 0.29) is 11.7 Å². The van der Waals surface area contributed by atoms with Gasteiger partial charge in [0, 0.05) is 42.7 Å². The van der Waals surface area contributed by atoms with Crippen LogP contribution in [0.15, 0.2) is 29.1 Å². The lowest BCUT2D eigenvalue weighted by Crippen LogP contribution is -2.45. The van der Waals surface area contributed by atoms with Gasteiger partial charge in [0.25, 0.3) is 5.56 Å². The van der Waals surface area contributed by atoms with Crippen LogP contribution in [0.2, 0.25) is 0 Å². The van der Waals surface area contributed by atoms with E-state index in [0.29, 0.717) is 23.8 Å². The monoisotopic (exact) mass is 418 g/mol. The number of ether oxygens (including phenoxy) is 2. The van der Waals surface area contributed by atoms with E-state index < -0.39 is 0 Å². The van der Waals surface area contributed by atoms with Crippen molar-refractivity contribution in [2.45, 2.75) is 25.5 Å². The number of H-pyrrole nitrogens is 1. The Bertz CT molecular complexity index is 893. The van der Waals surface area contributed by atoms with E-state index >= 15 is 0 Å². The molecule has 1 aromatic carbocycles. The maximum atomic E-state index is 12.6. The van der Waals surface area contributed by atoms with E-state index in [4.69, 9.17) is 21.7 Å². The van der Waals surface area contributed by atoms with Crippen LogP contribution in [0, 0.1) is 0 Å². The molecule has 29 heavy (non-hydrogen) atoms. The predicted molar refractivity (Wildman–Crippen MR) is 120 cm³/mol. The molecular weight excluding hydrogens is 388 g/mol. The highest BCUT2D eigenvalue weighted by Crippen LogP contribution is 2.19. The largest absolute Gasteiger partial charge is 0.497 e. The van der Waals surface area contributed by atoms with Gasteiger partial charge in [-0.15, -0.1) is 0 Å². The maximum absolute atomic E-state index is 12.6. The molecule has 1 fully saturated rings. The molecule has 8 heteroatoms. The number of methoxy groups -OCH3 is 1. The topological polar surface area (TPSA) is 69.8 Å². The number of nitrogens with zero attached hydrogens (tertiary/aromatic N) is 2. The van der Waals surface area contributed by atoms with Crippen molar-refractivity contribution in [3.05, 3.63) is 40.2 Å². The van der Waals surface area contributed by atoms with Crippen LogP contribution in [-0.2, 0) is 11.3 Å². The Morgan fingerprint density at radius 3 is 2.86 bits per heavy atom. The highest BCUT2D eigenvalue weighted by molar-refractivity contribution is 7.80. The molecule has 2 aromatic rings. The van der Waals surface area contributed by atoms with Gasteiger partial charge in [-0.2, -0.15) is 0 Å². The van der Waals surface area contributed by atoms with Crippen molar-refractivity contribution in [2.75, 3.05) is 47.4 Å². The number of nitrogens with one attached hydrogen (secondary N) is 2. The van der Waals surface area contributed by atoms with E-state index in [1.807, 2.05) is 43.3 Å². The Labute approximate surface area is 177 Å². The van der Waals surface area contributed by atoms with E-state index in [9.17, 15) is 4.79 Å². The fourth-order valence-electron chi connectivity index (χ4n) is 3.37. The van der Waals surface area contributed by atoms with Crippen molar-refractivity contribution in [1.29, 1.82) is 0 Å². The third kappa shape index (κ3) is 5.91. The molecule has 2 N–H and O–H groups in total. The molecule has 0 unspecified atom stereocenters. The van der Waals surface area contributed by atoms with Crippen LogP contribution >= 0.6 is 12.2 Å². The Kier molecular flexibility index (Phi) is 7.46. The summed E-state index contributed by atoms with van der Waals surface area (Å²) in [6.45, 7) is 3.51. The Hall–Kier alpha value is -2.16. The van der Waals surface area contributed by atoms with E-state index in [1.165, 1.54) is 0 Å². The molecule has 0 aliphatic carbocycles. The summed E-state index contributed by atoms with van der Waals surface area (Å²) in [6.07, 6.45) is 2.36. The zero-order valence-corrected chi connectivity index (χ0v) is 18.2. The normalized spacial score (nSPS) is 16.3. The molecule has 3 rings (SSSR count). The van der Waals surface area contributed by atoms with Gasteiger partial charge in [-0.1, -0.05) is 0 Å². The maximum Gasteiger partial charge on any atom is 0.253 e. The Morgan fingerprint density at radius 1 is 1.34 bits per heavy atom. The van der Waals surface area contributed by atoms with Crippen LogP contribution < -0.4 is 15.6 Å². The van der Waals surface area contributed by atoms with Crippen LogP contribution in [0.25, 0.3) is 10.9 Å². The van der Waals surface area contributed by atoms with Crippen LogP contribution in [-0.4, -0.2) is 73.4 Å². The zero-order chi connectivity index (χ0) is 20.8. The van der Waals surface area contributed by atoms with Gasteiger partial charge in [-0.05, 0) is 63.4 Å². The smallest absolute Gasteiger partial charge is 0.253 e. The molecule has 0 saturated carbocycles. The number of thiocarbonyl (C=S) groups is 1. The number of likely N-dealkylation sites (N-methyl/N-ethyl adjacent to an activating group) is 1. The van der Waals surface area contributed by atoms with Gasteiger partial charge in [0.1, 0.15) is 5.75 Å². The molecule has 1 saturated heterocycles. The van der Waals surface area contributed by atoms with Gasteiger partial charge >= 0.3 is 0 Å². The fraction of sp³-hybridized carbons (Fsp3) is 0.524. The molecule has 1 atom stereocenters. The summed E-state index contributed by atoms with van der Waals surface area (Å²) in [5, 5.41) is 4.91. The van der Waals surface area contributed by atoms with Gasteiger partial charge in [-0.25, -0.2) is 0 Å². The first-order valence-electron chi connectivity index (χ1n) is 9.95. The van der Waals surface area contributed by atoms with Gasteiger partial charge in [0.05, 0.1) is 19.8 Å². The molecule has 2 heterocycles. The van der Waals surface area contributed by atoms with Crippen molar-refractivity contribution >= 4 is 28.2 Å². The molecule has 0 amide bonds. The van der Waals surface area contributed by atoms with Crippen LogP contribution in [0.3, 0.4) is 0 Å².